The van der Waals surface area contributed by atoms with Crippen LogP contribution >= 0.6 is 11.3 Å². The monoisotopic (exact) mass is 279 g/mol. The largest absolute Gasteiger partial charge is 0.397 e. The third kappa shape index (κ3) is 5.89. The minimum atomic E-state index is 0.250. The van der Waals surface area contributed by atoms with Crippen LogP contribution in [0.3, 0.4) is 0 Å². The second-order valence-corrected chi connectivity index (χ2v) is 6.33. The van der Waals surface area contributed by atoms with E-state index in [4.69, 9.17) is 5.11 Å². The maximum Gasteiger partial charge on any atom is 0.166 e. The zero-order valence-electron chi connectivity index (χ0n) is 11.9. The van der Waals surface area contributed by atoms with Gasteiger partial charge in [0, 0.05) is 19.2 Å². The predicted octanol–water partition coefficient (Wildman–Crippen LogP) is 3.19. The second-order valence-electron chi connectivity index (χ2n) is 5.27. The molecule has 4 nitrogen and oxygen atoms in total. The van der Waals surface area contributed by atoms with E-state index in [1.165, 1.54) is 0 Å². The Labute approximate surface area is 118 Å². The molecular formula is C14H21N3OS. The molecule has 0 saturated carbocycles. The Bertz CT molecular complexity index is 477. The van der Waals surface area contributed by atoms with Crippen molar-refractivity contribution in [1.82, 2.24) is 15.2 Å². The molecule has 5 heteroatoms. The minimum Gasteiger partial charge on any atom is -0.397 e. The molecule has 0 bridgehead atoms. The lowest BCUT2D eigenvalue weighted by Crippen LogP contribution is -2.08. The third-order valence-corrected chi connectivity index (χ3v) is 2.98. The molecule has 0 unspecified atom stereocenters. The van der Waals surface area contributed by atoms with Gasteiger partial charge in [0.25, 0.3) is 0 Å². The summed E-state index contributed by atoms with van der Waals surface area (Å²) in [5.41, 5.74) is 1.15. The van der Waals surface area contributed by atoms with E-state index in [9.17, 15) is 0 Å². The first-order valence-corrected chi connectivity index (χ1v) is 7.12. The van der Waals surface area contributed by atoms with Crippen molar-refractivity contribution in [3.8, 4) is 10.7 Å². The molecule has 0 fully saturated rings. The van der Waals surface area contributed by atoms with Crippen molar-refractivity contribution in [3.05, 3.63) is 29.4 Å². The van der Waals surface area contributed by atoms with Gasteiger partial charge in [0.05, 0.1) is 0 Å². The summed E-state index contributed by atoms with van der Waals surface area (Å²) in [6, 6.07) is 5.83. The molecular weight excluding hydrogens is 258 g/mol. The maximum absolute atomic E-state index is 7.57. The van der Waals surface area contributed by atoms with Crippen LogP contribution in [0.15, 0.2) is 24.4 Å². The standard InChI is InChI=1S/C12H15N3S.C2H6O/c1-12(2,3)8-10-14-15-11(16-10)9-6-4-5-7-13-9;1-2-3/h4-7H,8H2,1-3H3;3H,2H2,1H3. The van der Waals surface area contributed by atoms with Gasteiger partial charge < -0.3 is 5.11 Å². The van der Waals surface area contributed by atoms with Crippen LogP contribution < -0.4 is 0 Å². The molecule has 2 heterocycles. The quantitative estimate of drug-likeness (QED) is 0.917. The number of hydrogen-bond acceptors (Lipinski definition) is 5. The number of hydrogen-bond donors (Lipinski definition) is 1. The van der Waals surface area contributed by atoms with Crippen LogP contribution in [0, 0.1) is 5.41 Å². The zero-order valence-corrected chi connectivity index (χ0v) is 12.7. The zero-order chi connectivity index (χ0) is 14.3. The van der Waals surface area contributed by atoms with Gasteiger partial charge in [-0.3, -0.25) is 4.98 Å². The van der Waals surface area contributed by atoms with Crippen molar-refractivity contribution >= 4 is 11.3 Å². The Morgan fingerprint density at radius 3 is 2.42 bits per heavy atom. The van der Waals surface area contributed by atoms with E-state index in [2.05, 4.69) is 36.0 Å². The van der Waals surface area contributed by atoms with Gasteiger partial charge in [0.2, 0.25) is 0 Å². The van der Waals surface area contributed by atoms with Crippen LogP contribution in [0.4, 0.5) is 0 Å². The van der Waals surface area contributed by atoms with Gasteiger partial charge in [-0.05, 0) is 24.5 Å². The van der Waals surface area contributed by atoms with Gasteiger partial charge >= 0.3 is 0 Å². The highest BCUT2D eigenvalue weighted by Gasteiger charge is 2.15. The van der Waals surface area contributed by atoms with Crippen molar-refractivity contribution in [2.24, 2.45) is 5.41 Å². The smallest absolute Gasteiger partial charge is 0.166 e. The minimum absolute atomic E-state index is 0.250. The second kappa shape index (κ2) is 7.31. The number of aromatic nitrogens is 3. The first kappa shape index (κ1) is 15.7. The third-order valence-electron chi connectivity index (χ3n) is 2.03. The molecule has 0 amide bonds. The lowest BCUT2D eigenvalue weighted by Gasteiger charge is -2.14. The number of aliphatic hydroxyl groups excluding tert-OH is 1. The Balaban J connectivity index is 0.000000550. The highest BCUT2D eigenvalue weighted by Crippen LogP contribution is 2.26. The van der Waals surface area contributed by atoms with Crippen LogP contribution in [0.1, 0.15) is 32.7 Å². The van der Waals surface area contributed by atoms with Crippen molar-refractivity contribution in [2.75, 3.05) is 6.61 Å². The van der Waals surface area contributed by atoms with E-state index in [1.54, 1.807) is 24.5 Å². The molecule has 0 radical (unpaired) electrons. The van der Waals surface area contributed by atoms with E-state index in [0.717, 1.165) is 22.1 Å². The summed E-state index contributed by atoms with van der Waals surface area (Å²) in [5, 5.41) is 17.9. The van der Waals surface area contributed by atoms with E-state index in [-0.39, 0.29) is 12.0 Å². The summed E-state index contributed by atoms with van der Waals surface area (Å²) in [4.78, 5) is 4.27. The van der Waals surface area contributed by atoms with Crippen molar-refractivity contribution in [1.29, 1.82) is 0 Å². The van der Waals surface area contributed by atoms with Gasteiger partial charge in [-0.25, -0.2) is 0 Å². The summed E-state index contributed by atoms with van der Waals surface area (Å²) in [7, 11) is 0. The summed E-state index contributed by atoms with van der Waals surface area (Å²) >= 11 is 1.63. The van der Waals surface area contributed by atoms with Crippen LogP contribution in [0.25, 0.3) is 10.7 Å². The maximum atomic E-state index is 7.57. The van der Waals surface area contributed by atoms with Gasteiger partial charge in [0.15, 0.2) is 5.01 Å². The average Bonchev–Trinajstić information content (AvgIpc) is 2.77. The van der Waals surface area contributed by atoms with Crippen LogP contribution in [0.5, 0.6) is 0 Å². The molecule has 2 rings (SSSR count). The van der Waals surface area contributed by atoms with Crippen LogP contribution in [-0.2, 0) is 6.42 Å². The Hall–Kier alpha value is -1.33. The van der Waals surface area contributed by atoms with Crippen LogP contribution in [-0.4, -0.2) is 26.9 Å². The van der Waals surface area contributed by atoms with E-state index < -0.39 is 0 Å². The molecule has 2 aromatic rings. The number of rotatable bonds is 2. The molecule has 0 aliphatic carbocycles. The molecule has 0 aliphatic rings. The first-order valence-electron chi connectivity index (χ1n) is 6.31. The van der Waals surface area contributed by atoms with E-state index in [1.807, 2.05) is 18.2 Å². The Kier molecular flexibility index (Phi) is 6.05. The SMILES string of the molecule is CC(C)(C)Cc1nnc(-c2ccccn2)s1.CCO. The topological polar surface area (TPSA) is 58.9 Å². The Morgan fingerprint density at radius 2 is 1.89 bits per heavy atom. The van der Waals surface area contributed by atoms with E-state index in [0.29, 0.717) is 0 Å². The summed E-state index contributed by atoms with van der Waals surface area (Å²) in [6.07, 6.45) is 2.73. The van der Waals surface area contributed by atoms with Crippen molar-refractivity contribution in [3.63, 3.8) is 0 Å². The molecule has 0 spiro atoms. The van der Waals surface area contributed by atoms with Crippen molar-refractivity contribution in [2.45, 2.75) is 34.1 Å². The fraction of sp³-hybridized carbons (Fsp3) is 0.500. The summed E-state index contributed by atoms with van der Waals surface area (Å²) in [6.45, 7) is 8.54. The fourth-order valence-electron chi connectivity index (χ4n) is 1.37. The van der Waals surface area contributed by atoms with E-state index >= 15 is 0 Å². The highest BCUT2D eigenvalue weighted by molar-refractivity contribution is 7.14. The predicted molar refractivity (Wildman–Crippen MR) is 79.1 cm³/mol. The lowest BCUT2D eigenvalue weighted by molar-refractivity contribution is 0.318. The lowest BCUT2D eigenvalue weighted by atomic mass is 9.93. The number of pyridine rings is 1. The highest BCUT2D eigenvalue weighted by atomic mass is 32.1. The van der Waals surface area contributed by atoms with Gasteiger partial charge in [-0.2, -0.15) is 0 Å². The summed E-state index contributed by atoms with van der Waals surface area (Å²) < 4.78 is 0. The molecule has 104 valence electrons. The normalized spacial score (nSPS) is 10.8. The average molecular weight is 279 g/mol. The first-order chi connectivity index (χ1) is 8.96. The molecule has 19 heavy (non-hydrogen) atoms. The number of aliphatic hydroxyl groups is 1. The Morgan fingerprint density at radius 1 is 1.21 bits per heavy atom. The van der Waals surface area contributed by atoms with Gasteiger partial charge in [-0.15, -0.1) is 10.2 Å². The number of nitrogens with zero attached hydrogens (tertiary/aromatic N) is 3. The van der Waals surface area contributed by atoms with Crippen molar-refractivity contribution < 1.29 is 5.11 Å². The van der Waals surface area contributed by atoms with Gasteiger partial charge in [-0.1, -0.05) is 38.2 Å². The molecule has 0 saturated heterocycles. The van der Waals surface area contributed by atoms with Gasteiger partial charge in [0.1, 0.15) is 10.7 Å². The molecule has 0 aromatic carbocycles. The molecule has 0 aliphatic heterocycles. The fourth-order valence-corrected chi connectivity index (χ4v) is 2.49. The molecule has 0 atom stereocenters. The molecule has 2 aromatic heterocycles. The summed E-state index contributed by atoms with van der Waals surface area (Å²) in [5.74, 6) is 0. The van der Waals surface area contributed by atoms with Crippen LogP contribution in [0.2, 0.25) is 0 Å². The molecule has 1 N–H and O–H groups in total.